The summed E-state index contributed by atoms with van der Waals surface area (Å²) in [4.78, 5) is 16.6. The summed E-state index contributed by atoms with van der Waals surface area (Å²) in [6, 6.07) is 10.9. The minimum Gasteiger partial charge on any atom is -0.497 e. The van der Waals surface area contributed by atoms with Crippen LogP contribution in [-0.4, -0.2) is 33.8 Å². The molecule has 0 aliphatic heterocycles. The highest BCUT2D eigenvalue weighted by Gasteiger charge is 2.10. The standard InChI is InChI=1S/C18H17N3O3S/c1-12-6-7-14(24-12)8-9-17-19-18(21-20-17)25-11-16(22)13-4-3-5-15(10-13)23-2/h3-10H,11H2,1-2H3,(H,19,20,21)/b9-8+. The highest BCUT2D eigenvalue weighted by molar-refractivity contribution is 7.99. The molecule has 25 heavy (non-hydrogen) atoms. The summed E-state index contributed by atoms with van der Waals surface area (Å²) in [5, 5.41) is 7.44. The van der Waals surface area contributed by atoms with E-state index in [1.165, 1.54) is 11.8 Å². The molecule has 0 saturated heterocycles. The molecule has 2 heterocycles. The van der Waals surface area contributed by atoms with E-state index in [1.54, 1.807) is 37.5 Å². The molecule has 1 aromatic carbocycles. The summed E-state index contributed by atoms with van der Waals surface area (Å²) < 4.78 is 10.6. The lowest BCUT2D eigenvalue weighted by molar-refractivity contribution is 0.102. The maximum atomic E-state index is 12.2. The monoisotopic (exact) mass is 355 g/mol. The van der Waals surface area contributed by atoms with Crippen LogP contribution in [0.4, 0.5) is 0 Å². The summed E-state index contributed by atoms with van der Waals surface area (Å²) in [6.45, 7) is 1.89. The highest BCUT2D eigenvalue weighted by atomic mass is 32.2. The number of H-pyrrole nitrogens is 1. The number of carbonyl (C=O) groups excluding carboxylic acids is 1. The van der Waals surface area contributed by atoms with Gasteiger partial charge in [-0.05, 0) is 43.3 Å². The highest BCUT2D eigenvalue weighted by Crippen LogP contribution is 2.18. The summed E-state index contributed by atoms with van der Waals surface area (Å²) >= 11 is 1.28. The first kappa shape index (κ1) is 17.0. The number of hydrogen-bond acceptors (Lipinski definition) is 6. The van der Waals surface area contributed by atoms with Gasteiger partial charge in [-0.2, -0.15) is 0 Å². The zero-order valence-electron chi connectivity index (χ0n) is 13.9. The molecule has 128 valence electrons. The number of nitrogens with zero attached hydrogens (tertiary/aromatic N) is 2. The van der Waals surface area contributed by atoms with E-state index in [9.17, 15) is 4.79 Å². The van der Waals surface area contributed by atoms with Crippen LogP contribution in [-0.2, 0) is 0 Å². The first-order valence-electron chi connectivity index (χ1n) is 7.61. The Morgan fingerprint density at radius 2 is 2.20 bits per heavy atom. The quantitative estimate of drug-likeness (QED) is 0.512. The molecule has 3 aromatic rings. The number of rotatable bonds is 7. The number of ketones is 1. The maximum Gasteiger partial charge on any atom is 0.209 e. The number of Topliss-reactive ketones (excluding diaryl/α,β-unsaturated/α-hetero) is 1. The SMILES string of the molecule is COc1cccc(C(=O)CSc2n[nH]c(/C=C/c3ccc(C)o3)n2)c1. The number of methoxy groups -OCH3 is 1. The number of hydrogen-bond donors (Lipinski definition) is 1. The Hall–Kier alpha value is -2.80. The van der Waals surface area contributed by atoms with Crippen LogP contribution < -0.4 is 4.74 Å². The van der Waals surface area contributed by atoms with Crippen molar-refractivity contribution in [3.05, 3.63) is 59.3 Å². The van der Waals surface area contributed by atoms with E-state index in [4.69, 9.17) is 9.15 Å². The maximum absolute atomic E-state index is 12.2. The van der Waals surface area contributed by atoms with Gasteiger partial charge in [0.05, 0.1) is 12.9 Å². The predicted octanol–water partition coefficient (Wildman–Crippen LogP) is 3.86. The van der Waals surface area contributed by atoms with Crippen LogP contribution in [0.3, 0.4) is 0 Å². The van der Waals surface area contributed by atoms with Crippen LogP contribution in [0.5, 0.6) is 5.75 Å². The summed E-state index contributed by atoms with van der Waals surface area (Å²) in [6.07, 6.45) is 3.59. The van der Waals surface area contributed by atoms with Gasteiger partial charge >= 0.3 is 0 Å². The summed E-state index contributed by atoms with van der Waals surface area (Å²) in [5.74, 6) is 3.11. The molecule has 0 saturated carbocycles. The van der Waals surface area contributed by atoms with Crippen LogP contribution >= 0.6 is 11.8 Å². The molecule has 3 rings (SSSR count). The van der Waals surface area contributed by atoms with E-state index >= 15 is 0 Å². The van der Waals surface area contributed by atoms with Gasteiger partial charge in [-0.15, -0.1) is 5.10 Å². The van der Waals surface area contributed by atoms with E-state index in [-0.39, 0.29) is 11.5 Å². The van der Waals surface area contributed by atoms with E-state index in [0.717, 1.165) is 11.5 Å². The molecule has 0 spiro atoms. The van der Waals surface area contributed by atoms with Crippen molar-refractivity contribution in [1.29, 1.82) is 0 Å². The van der Waals surface area contributed by atoms with Gasteiger partial charge in [0.15, 0.2) is 5.78 Å². The zero-order chi connectivity index (χ0) is 17.6. The third kappa shape index (κ3) is 4.60. The molecule has 0 aliphatic carbocycles. The minimum atomic E-state index is -0.00291. The number of furan rings is 1. The zero-order valence-corrected chi connectivity index (χ0v) is 14.7. The second kappa shape index (κ2) is 7.85. The Bertz CT molecular complexity index is 898. The van der Waals surface area contributed by atoms with Crippen molar-refractivity contribution in [3.8, 4) is 5.75 Å². The largest absolute Gasteiger partial charge is 0.497 e. The molecule has 0 atom stereocenters. The normalized spacial score (nSPS) is 11.1. The second-order valence-electron chi connectivity index (χ2n) is 5.23. The molecule has 0 aliphatic rings. The van der Waals surface area contributed by atoms with Crippen molar-refractivity contribution < 1.29 is 13.9 Å². The number of aryl methyl sites for hydroxylation is 1. The van der Waals surface area contributed by atoms with Crippen LogP contribution in [0.2, 0.25) is 0 Å². The van der Waals surface area contributed by atoms with Crippen molar-refractivity contribution in [1.82, 2.24) is 15.2 Å². The van der Waals surface area contributed by atoms with Gasteiger partial charge in [-0.25, -0.2) is 4.98 Å². The Balaban J connectivity index is 1.57. The molecule has 0 unspecified atom stereocenters. The van der Waals surface area contributed by atoms with Gasteiger partial charge in [0.1, 0.15) is 23.1 Å². The smallest absolute Gasteiger partial charge is 0.209 e. The molecule has 0 radical (unpaired) electrons. The van der Waals surface area contributed by atoms with Crippen molar-refractivity contribution in [2.45, 2.75) is 12.1 Å². The fourth-order valence-corrected chi connectivity index (χ4v) is 2.81. The number of ether oxygens (including phenoxy) is 1. The van der Waals surface area contributed by atoms with Crippen LogP contribution in [0.1, 0.15) is 27.7 Å². The van der Waals surface area contributed by atoms with Crippen LogP contribution in [0.25, 0.3) is 12.2 Å². The molecule has 0 fully saturated rings. The first-order valence-corrected chi connectivity index (χ1v) is 8.59. The topological polar surface area (TPSA) is 81.0 Å². The van der Waals surface area contributed by atoms with Crippen molar-refractivity contribution in [2.75, 3.05) is 12.9 Å². The molecule has 2 aromatic heterocycles. The average Bonchev–Trinajstić information content (AvgIpc) is 3.26. The van der Waals surface area contributed by atoms with E-state index in [0.29, 0.717) is 22.3 Å². The van der Waals surface area contributed by atoms with Crippen molar-refractivity contribution in [2.24, 2.45) is 0 Å². The Labute approximate surface area is 149 Å². The van der Waals surface area contributed by atoms with E-state index in [2.05, 4.69) is 15.2 Å². The summed E-state index contributed by atoms with van der Waals surface area (Å²) in [7, 11) is 1.57. The van der Waals surface area contributed by atoms with E-state index in [1.807, 2.05) is 25.1 Å². The minimum absolute atomic E-state index is 0.00291. The van der Waals surface area contributed by atoms with Crippen LogP contribution in [0, 0.1) is 6.92 Å². The molecular formula is C18H17N3O3S. The van der Waals surface area contributed by atoms with Crippen molar-refractivity contribution >= 4 is 29.7 Å². The lowest BCUT2D eigenvalue weighted by Gasteiger charge is -2.02. The number of benzene rings is 1. The number of nitrogens with one attached hydrogen (secondary N) is 1. The third-order valence-corrected chi connectivity index (χ3v) is 4.22. The number of thioether (sulfide) groups is 1. The Morgan fingerprint density at radius 1 is 1.32 bits per heavy atom. The lowest BCUT2D eigenvalue weighted by atomic mass is 10.1. The number of aromatic amines is 1. The predicted molar refractivity (Wildman–Crippen MR) is 96.8 cm³/mol. The Morgan fingerprint density at radius 3 is 2.96 bits per heavy atom. The molecule has 1 N–H and O–H groups in total. The Kier molecular flexibility index (Phi) is 5.35. The molecule has 0 bridgehead atoms. The molecule has 7 heteroatoms. The number of carbonyl (C=O) groups is 1. The van der Waals surface area contributed by atoms with Gasteiger partial charge in [0.25, 0.3) is 0 Å². The van der Waals surface area contributed by atoms with Gasteiger partial charge in [-0.1, -0.05) is 23.9 Å². The van der Waals surface area contributed by atoms with Gasteiger partial charge in [0, 0.05) is 5.56 Å². The molecule has 6 nitrogen and oxygen atoms in total. The first-order chi connectivity index (χ1) is 12.1. The fourth-order valence-electron chi connectivity index (χ4n) is 2.11. The lowest BCUT2D eigenvalue weighted by Crippen LogP contribution is -2.02. The second-order valence-corrected chi connectivity index (χ2v) is 6.17. The third-order valence-electron chi connectivity index (χ3n) is 3.37. The van der Waals surface area contributed by atoms with Gasteiger partial charge in [0.2, 0.25) is 5.16 Å². The molecule has 0 amide bonds. The van der Waals surface area contributed by atoms with Crippen LogP contribution in [0.15, 0.2) is 46.0 Å². The average molecular weight is 355 g/mol. The molecular weight excluding hydrogens is 338 g/mol. The summed E-state index contributed by atoms with van der Waals surface area (Å²) in [5.41, 5.74) is 0.607. The van der Waals surface area contributed by atoms with E-state index < -0.39 is 0 Å². The van der Waals surface area contributed by atoms with Gasteiger partial charge < -0.3 is 9.15 Å². The van der Waals surface area contributed by atoms with Crippen molar-refractivity contribution in [3.63, 3.8) is 0 Å². The number of aromatic nitrogens is 3. The van der Waals surface area contributed by atoms with Gasteiger partial charge in [-0.3, -0.25) is 9.89 Å². The fraction of sp³-hybridized carbons (Fsp3) is 0.167.